The van der Waals surface area contributed by atoms with E-state index in [1.54, 1.807) is 18.5 Å². The zero-order valence-corrected chi connectivity index (χ0v) is 28.7. The second-order valence-electron chi connectivity index (χ2n) is 14.2. The summed E-state index contributed by atoms with van der Waals surface area (Å²) in [5.41, 5.74) is 1.30. The lowest BCUT2D eigenvalue weighted by Crippen LogP contribution is -2.62. The number of alkyl carbamates (subject to hydrolysis) is 1. The van der Waals surface area contributed by atoms with Crippen LogP contribution in [-0.2, 0) is 15.7 Å². The van der Waals surface area contributed by atoms with Gasteiger partial charge in [0.1, 0.15) is 17.2 Å². The topological polar surface area (TPSA) is 102 Å². The molecule has 1 aromatic carbocycles. The predicted octanol–water partition coefficient (Wildman–Crippen LogP) is 7.17. The average Bonchev–Trinajstić information content (AvgIpc) is 2.92. The number of hydrogen-bond acceptors (Lipinski definition) is 8. The van der Waals surface area contributed by atoms with Crippen LogP contribution in [0.4, 0.5) is 25.0 Å². The zero-order valence-electron chi connectivity index (χ0n) is 27.7. The van der Waals surface area contributed by atoms with Crippen molar-refractivity contribution >= 4 is 25.8 Å². The molecule has 0 spiro atoms. The highest BCUT2D eigenvalue weighted by Crippen LogP contribution is 2.40. The Morgan fingerprint density at radius 3 is 2.38 bits per heavy atom. The van der Waals surface area contributed by atoms with Crippen LogP contribution in [0.2, 0.25) is 18.1 Å². The van der Waals surface area contributed by atoms with E-state index in [2.05, 4.69) is 71.3 Å². The Kier molecular flexibility index (Phi) is 10.2. The molecule has 0 saturated carbocycles. The van der Waals surface area contributed by atoms with E-state index in [0.717, 1.165) is 11.4 Å². The molecule has 1 aliphatic rings. The average molecular weight is 641 g/mol. The third-order valence-electron chi connectivity index (χ3n) is 8.32. The van der Waals surface area contributed by atoms with Gasteiger partial charge in [0.2, 0.25) is 0 Å². The lowest BCUT2D eigenvalue weighted by Gasteiger charge is -2.48. The molecular formula is C33H46F2N6O3Si. The van der Waals surface area contributed by atoms with Crippen molar-refractivity contribution in [2.24, 2.45) is 5.92 Å². The van der Waals surface area contributed by atoms with Crippen LogP contribution >= 0.6 is 0 Å². The fourth-order valence-corrected chi connectivity index (χ4v) is 6.50. The second-order valence-corrected chi connectivity index (χ2v) is 18.9. The Bertz CT molecular complexity index is 1470. The number of nitrogens with one attached hydrogen (secondary N) is 2. The summed E-state index contributed by atoms with van der Waals surface area (Å²) in [6.07, 6.45) is 4.25. The molecule has 1 amide bonds. The number of benzene rings is 1. The summed E-state index contributed by atoms with van der Waals surface area (Å²) in [5, 5.41) is 6.51. The first-order valence-electron chi connectivity index (χ1n) is 15.3. The third kappa shape index (κ3) is 8.55. The first kappa shape index (κ1) is 34.2. The van der Waals surface area contributed by atoms with Crippen molar-refractivity contribution in [2.75, 3.05) is 23.3 Å². The van der Waals surface area contributed by atoms with E-state index in [9.17, 15) is 13.6 Å². The van der Waals surface area contributed by atoms with E-state index in [1.165, 1.54) is 24.4 Å². The van der Waals surface area contributed by atoms with Gasteiger partial charge in [-0.1, -0.05) is 33.8 Å². The van der Waals surface area contributed by atoms with Crippen molar-refractivity contribution in [2.45, 2.75) is 90.9 Å². The molecule has 0 radical (unpaired) electrons. The molecule has 1 aliphatic heterocycles. The fourth-order valence-electron chi connectivity index (χ4n) is 5.07. The van der Waals surface area contributed by atoms with Crippen molar-refractivity contribution < 1.29 is 22.7 Å². The molecule has 9 nitrogen and oxygen atoms in total. The molecule has 0 aliphatic carbocycles. The van der Waals surface area contributed by atoms with Gasteiger partial charge in [0.25, 0.3) is 0 Å². The van der Waals surface area contributed by atoms with E-state index in [4.69, 9.17) is 9.16 Å². The van der Waals surface area contributed by atoms with Gasteiger partial charge in [-0.25, -0.2) is 23.5 Å². The van der Waals surface area contributed by atoms with Crippen LogP contribution in [0.3, 0.4) is 0 Å². The van der Waals surface area contributed by atoms with Crippen molar-refractivity contribution in [3.8, 4) is 11.4 Å². The van der Waals surface area contributed by atoms with E-state index >= 15 is 0 Å². The number of rotatable bonds is 8. The molecule has 244 valence electrons. The number of hydrogen-bond donors (Lipinski definition) is 2. The van der Waals surface area contributed by atoms with Crippen molar-refractivity contribution in [3.05, 3.63) is 66.3 Å². The van der Waals surface area contributed by atoms with Gasteiger partial charge in [-0.2, -0.15) is 0 Å². The molecule has 45 heavy (non-hydrogen) atoms. The van der Waals surface area contributed by atoms with Gasteiger partial charge < -0.3 is 24.7 Å². The first-order chi connectivity index (χ1) is 20.9. The summed E-state index contributed by atoms with van der Waals surface area (Å²) in [5.74, 6) is -1.39. The number of piperidine rings is 1. The molecule has 4 rings (SSSR count). The van der Waals surface area contributed by atoms with Crippen LogP contribution in [-0.4, -0.2) is 60.2 Å². The lowest BCUT2D eigenvalue weighted by atomic mass is 9.92. The summed E-state index contributed by atoms with van der Waals surface area (Å²) < 4.78 is 41.3. The fraction of sp³-hybridized carbons (Fsp3) is 0.515. The predicted molar refractivity (Wildman–Crippen MR) is 176 cm³/mol. The molecule has 3 aromatic rings. The summed E-state index contributed by atoms with van der Waals surface area (Å²) in [6.45, 7) is 20.2. The molecule has 1 saturated heterocycles. The standard InChI is InChI=1S/C33H46F2N6O3Si/c1-21-19-41(20-26(40-31(42)43-32(2,3)4)29(21)44-45(8,9)33(5,6)7)27-14-15-36-18-25(27)38-17-22-13-16-37-30(39-22)28-23(34)11-10-12-24(28)35/h10-16,18,21,26,29,38H,17,19-20H2,1-9H3,(H,40,42)/t21-,26+,29?/m0/s1. The second kappa shape index (κ2) is 13.4. The molecule has 3 atom stereocenters. The van der Waals surface area contributed by atoms with Gasteiger partial charge in [-0.3, -0.25) is 4.98 Å². The number of halogens is 2. The maximum atomic E-state index is 14.4. The van der Waals surface area contributed by atoms with Crippen LogP contribution in [0.5, 0.6) is 0 Å². The number of carbonyl (C=O) groups excluding carboxylic acids is 1. The third-order valence-corrected chi connectivity index (χ3v) is 12.8. The summed E-state index contributed by atoms with van der Waals surface area (Å²) in [6, 6.07) is 6.95. The maximum absolute atomic E-state index is 14.4. The van der Waals surface area contributed by atoms with Crippen LogP contribution in [0.1, 0.15) is 54.2 Å². The highest BCUT2D eigenvalue weighted by Gasteiger charge is 2.45. The van der Waals surface area contributed by atoms with Gasteiger partial charge in [0.15, 0.2) is 14.1 Å². The van der Waals surface area contributed by atoms with Crippen LogP contribution in [0.15, 0.2) is 48.9 Å². The Labute approximate surface area is 266 Å². The molecule has 1 fully saturated rings. The van der Waals surface area contributed by atoms with Crippen LogP contribution < -0.4 is 15.5 Å². The van der Waals surface area contributed by atoms with E-state index in [0.29, 0.717) is 18.8 Å². The number of anilines is 2. The van der Waals surface area contributed by atoms with Gasteiger partial charge in [-0.05, 0) is 63.2 Å². The van der Waals surface area contributed by atoms with E-state index < -0.39 is 31.6 Å². The summed E-state index contributed by atoms with van der Waals surface area (Å²) in [4.78, 5) is 28.0. The smallest absolute Gasteiger partial charge is 0.408 e. The minimum absolute atomic E-state index is 0.00141. The largest absolute Gasteiger partial charge is 0.444 e. The number of carbonyl (C=O) groups is 1. The zero-order chi connectivity index (χ0) is 33.2. The molecule has 3 heterocycles. The molecule has 12 heteroatoms. The molecule has 2 aromatic heterocycles. The van der Waals surface area contributed by atoms with E-state index in [-0.39, 0.29) is 41.0 Å². The number of pyridine rings is 1. The Balaban J connectivity index is 1.57. The van der Waals surface area contributed by atoms with Crippen LogP contribution in [0.25, 0.3) is 11.4 Å². The molecular weight excluding hydrogens is 594 g/mol. The molecule has 1 unspecified atom stereocenters. The minimum atomic E-state index is -2.16. The maximum Gasteiger partial charge on any atom is 0.408 e. The Hall–Kier alpha value is -3.64. The molecule has 0 bridgehead atoms. The number of amides is 1. The number of aromatic nitrogens is 3. The van der Waals surface area contributed by atoms with Crippen molar-refractivity contribution in [1.82, 2.24) is 20.3 Å². The quantitative estimate of drug-likeness (QED) is 0.250. The van der Waals surface area contributed by atoms with Crippen molar-refractivity contribution in [1.29, 1.82) is 0 Å². The highest BCUT2D eigenvalue weighted by molar-refractivity contribution is 6.74. The highest BCUT2D eigenvalue weighted by atomic mass is 28.4. The first-order valence-corrected chi connectivity index (χ1v) is 18.2. The lowest BCUT2D eigenvalue weighted by molar-refractivity contribution is 0.0336. The van der Waals surface area contributed by atoms with Crippen LogP contribution in [0, 0.1) is 17.6 Å². The number of nitrogens with zero attached hydrogens (tertiary/aromatic N) is 4. The Morgan fingerprint density at radius 1 is 1.04 bits per heavy atom. The van der Waals surface area contributed by atoms with Gasteiger partial charge in [0.05, 0.1) is 47.5 Å². The Morgan fingerprint density at radius 2 is 1.73 bits per heavy atom. The monoisotopic (exact) mass is 640 g/mol. The van der Waals surface area contributed by atoms with E-state index in [1.807, 2.05) is 26.8 Å². The SMILES string of the molecule is C[C@H]1CN(c2ccncc2NCc2ccnc(-c3c(F)cccc3F)n2)C[C@@H](NC(=O)OC(C)(C)C)C1O[Si](C)(C)C(C)(C)C. The summed E-state index contributed by atoms with van der Waals surface area (Å²) in [7, 11) is -2.16. The summed E-state index contributed by atoms with van der Waals surface area (Å²) >= 11 is 0. The molecule has 2 N–H and O–H groups in total. The van der Waals surface area contributed by atoms with Gasteiger partial charge in [0, 0.05) is 31.4 Å². The van der Waals surface area contributed by atoms with Gasteiger partial charge >= 0.3 is 6.09 Å². The van der Waals surface area contributed by atoms with Crippen molar-refractivity contribution in [3.63, 3.8) is 0 Å². The number of ether oxygens (including phenoxy) is 1. The van der Waals surface area contributed by atoms with Gasteiger partial charge in [-0.15, -0.1) is 0 Å². The minimum Gasteiger partial charge on any atom is -0.444 e. The normalized spacial score (nSPS) is 19.3.